The number of rotatable bonds is 10. The molecule has 0 fully saturated rings. The molecule has 1 atom stereocenters. The van der Waals surface area contributed by atoms with Gasteiger partial charge < -0.3 is 20.5 Å². The molecule has 0 aliphatic heterocycles. The van der Waals surface area contributed by atoms with Gasteiger partial charge in [0.05, 0.1) is 5.92 Å². The molecule has 112 valence electrons. The van der Waals surface area contributed by atoms with E-state index in [2.05, 4.69) is 24.5 Å². The van der Waals surface area contributed by atoms with Crippen LogP contribution in [0.2, 0.25) is 0 Å². The van der Waals surface area contributed by atoms with Crippen LogP contribution in [-0.2, 0) is 9.53 Å². The van der Waals surface area contributed by atoms with Gasteiger partial charge >= 0.3 is 12.0 Å². The van der Waals surface area contributed by atoms with Crippen molar-refractivity contribution in [2.45, 2.75) is 33.6 Å². The Morgan fingerprint density at radius 3 is 2.37 bits per heavy atom. The highest BCUT2D eigenvalue weighted by Crippen LogP contribution is 1.99. The minimum Gasteiger partial charge on any atom is -0.481 e. The molecule has 1 unspecified atom stereocenters. The molecule has 0 saturated carbocycles. The van der Waals surface area contributed by atoms with Crippen LogP contribution in [0.1, 0.15) is 33.6 Å². The zero-order valence-corrected chi connectivity index (χ0v) is 12.1. The quantitative estimate of drug-likeness (QED) is 0.526. The average Bonchev–Trinajstić information content (AvgIpc) is 2.32. The monoisotopic (exact) mass is 274 g/mol. The van der Waals surface area contributed by atoms with E-state index in [0.29, 0.717) is 32.0 Å². The lowest BCUT2D eigenvalue weighted by molar-refractivity contribution is -0.141. The van der Waals surface area contributed by atoms with E-state index in [-0.39, 0.29) is 6.03 Å². The number of hydrogen-bond donors (Lipinski definition) is 3. The van der Waals surface area contributed by atoms with E-state index in [9.17, 15) is 9.59 Å². The number of ether oxygens (including phenoxy) is 1. The highest BCUT2D eigenvalue weighted by molar-refractivity contribution is 5.74. The van der Waals surface area contributed by atoms with E-state index in [1.165, 1.54) is 0 Å². The normalized spacial score (nSPS) is 12.2. The second kappa shape index (κ2) is 10.6. The number of amides is 2. The van der Waals surface area contributed by atoms with E-state index in [0.717, 1.165) is 13.0 Å². The molecule has 0 aliphatic carbocycles. The van der Waals surface area contributed by atoms with Crippen molar-refractivity contribution in [3.63, 3.8) is 0 Å². The Hall–Kier alpha value is -1.30. The van der Waals surface area contributed by atoms with Crippen molar-refractivity contribution < 1.29 is 19.4 Å². The van der Waals surface area contributed by atoms with Crippen LogP contribution in [0.4, 0.5) is 4.79 Å². The van der Waals surface area contributed by atoms with Crippen molar-refractivity contribution in [1.29, 1.82) is 0 Å². The molecule has 0 radical (unpaired) electrons. The van der Waals surface area contributed by atoms with E-state index in [1.807, 2.05) is 0 Å². The van der Waals surface area contributed by atoms with Gasteiger partial charge in [0.1, 0.15) is 0 Å². The van der Waals surface area contributed by atoms with Crippen molar-refractivity contribution in [3.05, 3.63) is 0 Å². The topological polar surface area (TPSA) is 87.7 Å². The van der Waals surface area contributed by atoms with Crippen molar-refractivity contribution in [2.24, 2.45) is 11.8 Å². The first-order valence-electron chi connectivity index (χ1n) is 6.75. The molecule has 6 heteroatoms. The summed E-state index contributed by atoms with van der Waals surface area (Å²) in [6, 6.07) is -0.263. The van der Waals surface area contributed by atoms with Crippen molar-refractivity contribution >= 4 is 12.0 Å². The van der Waals surface area contributed by atoms with E-state index < -0.39 is 11.9 Å². The lowest BCUT2D eigenvalue weighted by Crippen LogP contribution is -2.37. The van der Waals surface area contributed by atoms with Crippen molar-refractivity contribution in [1.82, 2.24) is 10.6 Å². The van der Waals surface area contributed by atoms with Crippen LogP contribution in [0.5, 0.6) is 0 Å². The molecule has 3 N–H and O–H groups in total. The number of urea groups is 1. The first-order valence-corrected chi connectivity index (χ1v) is 6.75. The fraction of sp³-hybridized carbons (Fsp3) is 0.846. The molecule has 19 heavy (non-hydrogen) atoms. The summed E-state index contributed by atoms with van der Waals surface area (Å²) in [5.41, 5.74) is 0. The summed E-state index contributed by atoms with van der Waals surface area (Å²) >= 11 is 0. The Kier molecular flexibility index (Phi) is 9.88. The average molecular weight is 274 g/mol. The van der Waals surface area contributed by atoms with Crippen LogP contribution in [0.25, 0.3) is 0 Å². The van der Waals surface area contributed by atoms with Crippen LogP contribution in [0.3, 0.4) is 0 Å². The zero-order valence-electron chi connectivity index (χ0n) is 12.1. The van der Waals surface area contributed by atoms with E-state index in [4.69, 9.17) is 9.84 Å². The summed E-state index contributed by atoms with van der Waals surface area (Å²) in [5, 5.41) is 14.0. The van der Waals surface area contributed by atoms with Crippen molar-refractivity contribution in [2.75, 3.05) is 26.3 Å². The molecule has 0 aromatic heterocycles. The van der Waals surface area contributed by atoms with Crippen LogP contribution in [0.15, 0.2) is 0 Å². The molecule has 0 spiro atoms. The van der Waals surface area contributed by atoms with Crippen molar-refractivity contribution in [3.8, 4) is 0 Å². The fourth-order valence-corrected chi connectivity index (χ4v) is 1.28. The molecule has 2 amide bonds. The third kappa shape index (κ3) is 11.5. The van der Waals surface area contributed by atoms with Crippen LogP contribution >= 0.6 is 0 Å². The Morgan fingerprint density at radius 1 is 1.16 bits per heavy atom. The standard InChI is InChI=1S/C13H26N2O4/c1-10(2)9-19-8-4-6-14-13(18)15-7-5-11(3)12(16)17/h10-11H,4-9H2,1-3H3,(H,16,17)(H2,14,15,18). The largest absolute Gasteiger partial charge is 0.481 e. The second-order valence-electron chi connectivity index (χ2n) is 5.03. The molecule has 0 heterocycles. The maximum atomic E-state index is 11.3. The number of carboxylic acids is 1. The highest BCUT2D eigenvalue weighted by atomic mass is 16.5. The summed E-state index contributed by atoms with van der Waals surface area (Å²) in [4.78, 5) is 21.9. The molecule has 0 rings (SSSR count). The number of carboxylic acid groups (broad SMARTS) is 1. The number of nitrogens with one attached hydrogen (secondary N) is 2. The number of carbonyl (C=O) groups is 2. The van der Waals surface area contributed by atoms with Gasteiger partial charge in [-0.25, -0.2) is 4.79 Å². The molecule has 0 bridgehead atoms. The first kappa shape index (κ1) is 17.7. The summed E-state index contributed by atoms with van der Waals surface area (Å²) < 4.78 is 5.38. The lowest BCUT2D eigenvalue weighted by Gasteiger charge is -2.10. The molecule has 0 saturated heterocycles. The predicted octanol–water partition coefficient (Wildman–Crippen LogP) is 1.46. The number of carbonyl (C=O) groups excluding carboxylic acids is 1. The zero-order chi connectivity index (χ0) is 14.7. The van der Waals surface area contributed by atoms with Gasteiger partial charge in [-0.3, -0.25) is 4.79 Å². The third-order valence-electron chi connectivity index (χ3n) is 2.49. The summed E-state index contributed by atoms with van der Waals surface area (Å²) in [5.74, 6) is -0.762. The summed E-state index contributed by atoms with van der Waals surface area (Å²) in [6.45, 7) is 8.08. The maximum Gasteiger partial charge on any atom is 0.314 e. The minimum absolute atomic E-state index is 0.263. The van der Waals surface area contributed by atoms with Gasteiger partial charge in [0, 0.05) is 26.3 Å². The number of hydrogen-bond acceptors (Lipinski definition) is 3. The van der Waals surface area contributed by atoms with E-state index >= 15 is 0 Å². The fourth-order valence-electron chi connectivity index (χ4n) is 1.28. The van der Waals surface area contributed by atoms with Crippen LogP contribution < -0.4 is 10.6 Å². The highest BCUT2D eigenvalue weighted by Gasteiger charge is 2.10. The maximum absolute atomic E-state index is 11.3. The third-order valence-corrected chi connectivity index (χ3v) is 2.49. The molecule has 0 aliphatic rings. The molecule has 0 aromatic carbocycles. The Morgan fingerprint density at radius 2 is 1.79 bits per heavy atom. The first-order chi connectivity index (χ1) is 8.93. The Labute approximate surface area is 114 Å². The molecule has 0 aromatic rings. The van der Waals surface area contributed by atoms with Gasteiger partial charge in [0.25, 0.3) is 0 Å². The van der Waals surface area contributed by atoms with Gasteiger partial charge in [-0.15, -0.1) is 0 Å². The Balaban J connectivity index is 3.38. The predicted molar refractivity (Wildman–Crippen MR) is 73.1 cm³/mol. The summed E-state index contributed by atoms with van der Waals surface area (Å²) in [6.07, 6.45) is 1.20. The molecular formula is C13H26N2O4. The number of aliphatic carboxylic acids is 1. The van der Waals surface area contributed by atoms with Gasteiger partial charge in [-0.2, -0.15) is 0 Å². The van der Waals surface area contributed by atoms with Gasteiger partial charge in [0.15, 0.2) is 0 Å². The minimum atomic E-state index is -0.843. The van der Waals surface area contributed by atoms with Crippen LogP contribution in [-0.4, -0.2) is 43.4 Å². The SMILES string of the molecule is CC(C)COCCCNC(=O)NCCC(C)C(=O)O. The van der Waals surface area contributed by atoms with E-state index in [1.54, 1.807) is 6.92 Å². The lowest BCUT2D eigenvalue weighted by atomic mass is 10.1. The Bertz CT molecular complexity index is 269. The second-order valence-corrected chi connectivity index (χ2v) is 5.03. The molecule has 6 nitrogen and oxygen atoms in total. The van der Waals surface area contributed by atoms with Gasteiger partial charge in [0.2, 0.25) is 0 Å². The summed E-state index contributed by atoms with van der Waals surface area (Å²) in [7, 11) is 0. The van der Waals surface area contributed by atoms with Gasteiger partial charge in [-0.05, 0) is 18.8 Å². The van der Waals surface area contributed by atoms with Crippen LogP contribution in [0, 0.1) is 11.8 Å². The smallest absolute Gasteiger partial charge is 0.314 e. The molecular weight excluding hydrogens is 248 g/mol. The van der Waals surface area contributed by atoms with Gasteiger partial charge in [-0.1, -0.05) is 20.8 Å².